The number of benzene rings is 2. The summed E-state index contributed by atoms with van der Waals surface area (Å²) in [6.45, 7) is 3.83. The molecule has 0 spiro atoms. The first-order valence-corrected chi connectivity index (χ1v) is 10.0. The molecule has 1 aliphatic carbocycles. The van der Waals surface area contributed by atoms with Crippen LogP contribution in [0.15, 0.2) is 54.6 Å². The molecule has 0 heterocycles. The number of ether oxygens (including phenoxy) is 1. The van der Waals surface area contributed by atoms with Gasteiger partial charge in [-0.1, -0.05) is 55.8 Å². The highest BCUT2D eigenvalue weighted by Crippen LogP contribution is 2.30. The van der Waals surface area contributed by atoms with Gasteiger partial charge in [0.15, 0.2) is 0 Å². The molecule has 2 unspecified atom stereocenters. The highest BCUT2D eigenvalue weighted by molar-refractivity contribution is 7.99. The van der Waals surface area contributed by atoms with Crippen LogP contribution in [0.4, 0.5) is 0 Å². The molecule has 128 valence electrons. The molecule has 2 aromatic carbocycles. The van der Waals surface area contributed by atoms with Crippen molar-refractivity contribution in [3.63, 3.8) is 0 Å². The molecule has 3 rings (SSSR count). The van der Waals surface area contributed by atoms with Gasteiger partial charge in [0.05, 0.1) is 0 Å². The van der Waals surface area contributed by atoms with Crippen molar-refractivity contribution in [2.45, 2.75) is 50.6 Å². The van der Waals surface area contributed by atoms with Gasteiger partial charge < -0.3 is 10.1 Å². The first-order chi connectivity index (χ1) is 11.8. The van der Waals surface area contributed by atoms with E-state index in [-0.39, 0.29) is 0 Å². The topological polar surface area (TPSA) is 21.3 Å². The van der Waals surface area contributed by atoms with Crippen molar-refractivity contribution in [2.75, 3.05) is 5.75 Å². The van der Waals surface area contributed by atoms with E-state index in [0.717, 1.165) is 17.5 Å². The standard InChI is InChI=1S/C21H27NOS/c1-2-24-21-10-6-9-20(21)22-15-17-11-13-19(14-12-17)23-16-18-7-4-3-5-8-18/h3-5,7-8,11-14,20-22H,2,6,9-10,15-16H2,1H3. The molecule has 1 fully saturated rings. The predicted octanol–water partition coefficient (Wildman–Crippen LogP) is 5.03. The van der Waals surface area contributed by atoms with Crippen LogP contribution in [0.5, 0.6) is 5.75 Å². The molecule has 2 aromatic rings. The molecule has 2 atom stereocenters. The second-order valence-electron chi connectivity index (χ2n) is 6.33. The lowest BCUT2D eigenvalue weighted by Crippen LogP contribution is -2.33. The molecule has 0 amide bonds. The summed E-state index contributed by atoms with van der Waals surface area (Å²) in [5, 5.41) is 4.54. The average molecular weight is 342 g/mol. The molecule has 0 radical (unpaired) electrons. The smallest absolute Gasteiger partial charge is 0.119 e. The van der Waals surface area contributed by atoms with Gasteiger partial charge >= 0.3 is 0 Å². The number of hydrogen-bond acceptors (Lipinski definition) is 3. The van der Waals surface area contributed by atoms with Gasteiger partial charge in [0.25, 0.3) is 0 Å². The number of nitrogens with one attached hydrogen (secondary N) is 1. The van der Waals surface area contributed by atoms with Crippen LogP contribution in [0, 0.1) is 0 Å². The van der Waals surface area contributed by atoms with Crippen molar-refractivity contribution in [2.24, 2.45) is 0 Å². The fourth-order valence-electron chi connectivity index (χ4n) is 3.27. The molecule has 3 heteroatoms. The predicted molar refractivity (Wildman–Crippen MR) is 104 cm³/mol. The highest BCUT2D eigenvalue weighted by atomic mass is 32.2. The van der Waals surface area contributed by atoms with E-state index >= 15 is 0 Å². The molecular weight excluding hydrogens is 314 g/mol. The minimum atomic E-state index is 0.621. The SMILES string of the molecule is CCSC1CCCC1NCc1ccc(OCc2ccccc2)cc1. The molecule has 0 aromatic heterocycles. The van der Waals surface area contributed by atoms with Crippen LogP contribution in [-0.4, -0.2) is 17.0 Å². The van der Waals surface area contributed by atoms with Gasteiger partial charge in [0.2, 0.25) is 0 Å². The fraction of sp³-hybridized carbons (Fsp3) is 0.429. The lowest BCUT2D eigenvalue weighted by molar-refractivity contribution is 0.306. The van der Waals surface area contributed by atoms with Gasteiger partial charge in [-0.3, -0.25) is 0 Å². The summed E-state index contributed by atoms with van der Waals surface area (Å²) in [7, 11) is 0. The zero-order chi connectivity index (χ0) is 16.6. The first-order valence-electron chi connectivity index (χ1n) is 8.96. The lowest BCUT2D eigenvalue weighted by Gasteiger charge is -2.20. The molecule has 24 heavy (non-hydrogen) atoms. The number of thioether (sulfide) groups is 1. The van der Waals surface area contributed by atoms with E-state index < -0.39 is 0 Å². The Hall–Kier alpha value is -1.45. The molecular formula is C21H27NOS. The maximum absolute atomic E-state index is 5.85. The molecule has 0 saturated heterocycles. The van der Waals surface area contributed by atoms with E-state index in [1.807, 2.05) is 18.2 Å². The Kier molecular flexibility index (Phi) is 6.62. The van der Waals surface area contributed by atoms with Crippen LogP contribution in [0.1, 0.15) is 37.3 Å². The summed E-state index contributed by atoms with van der Waals surface area (Å²) < 4.78 is 5.85. The van der Waals surface area contributed by atoms with E-state index in [9.17, 15) is 0 Å². The Bertz CT molecular complexity index is 599. The Morgan fingerprint density at radius 3 is 2.54 bits per heavy atom. The summed E-state index contributed by atoms with van der Waals surface area (Å²) in [6.07, 6.45) is 4.04. The number of hydrogen-bond donors (Lipinski definition) is 1. The molecule has 0 aliphatic heterocycles. The van der Waals surface area contributed by atoms with Crippen molar-refractivity contribution in [1.29, 1.82) is 0 Å². The monoisotopic (exact) mass is 341 g/mol. The van der Waals surface area contributed by atoms with Crippen LogP contribution in [0.2, 0.25) is 0 Å². The van der Waals surface area contributed by atoms with Crippen molar-refractivity contribution in [1.82, 2.24) is 5.32 Å². The lowest BCUT2D eigenvalue weighted by atomic mass is 10.2. The van der Waals surface area contributed by atoms with E-state index in [2.05, 4.69) is 60.4 Å². The summed E-state index contributed by atoms with van der Waals surface area (Å²) in [5.74, 6) is 2.15. The second kappa shape index (κ2) is 9.14. The van der Waals surface area contributed by atoms with Crippen LogP contribution < -0.4 is 10.1 Å². The summed E-state index contributed by atoms with van der Waals surface area (Å²) in [5.41, 5.74) is 2.53. The highest BCUT2D eigenvalue weighted by Gasteiger charge is 2.26. The van der Waals surface area contributed by atoms with Gasteiger partial charge in [-0.15, -0.1) is 0 Å². The van der Waals surface area contributed by atoms with Crippen molar-refractivity contribution in [3.05, 3.63) is 65.7 Å². The van der Waals surface area contributed by atoms with Crippen LogP contribution in [0.3, 0.4) is 0 Å². The Balaban J connectivity index is 1.46. The van der Waals surface area contributed by atoms with Crippen LogP contribution >= 0.6 is 11.8 Å². The number of rotatable bonds is 8. The molecule has 1 saturated carbocycles. The molecule has 2 nitrogen and oxygen atoms in total. The molecule has 0 bridgehead atoms. The van der Waals surface area contributed by atoms with E-state index in [1.165, 1.54) is 36.1 Å². The third-order valence-corrected chi connectivity index (χ3v) is 5.90. The first kappa shape index (κ1) is 17.4. The normalized spacial score (nSPS) is 20.2. The maximum atomic E-state index is 5.85. The van der Waals surface area contributed by atoms with Crippen molar-refractivity contribution in [3.8, 4) is 5.75 Å². The van der Waals surface area contributed by atoms with E-state index in [4.69, 9.17) is 4.74 Å². The van der Waals surface area contributed by atoms with E-state index in [0.29, 0.717) is 12.6 Å². The Morgan fingerprint density at radius 2 is 1.79 bits per heavy atom. The largest absolute Gasteiger partial charge is 0.489 e. The van der Waals surface area contributed by atoms with Gasteiger partial charge in [-0.2, -0.15) is 11.8 Å². The quantitative estimate of drug-likeness (QED) is 0.727. The second-order valence-corrected chi connectivity index (χ2v) is 7.85. The minimum Gasteiger partial charge on any atom is -0.489 e. The fourth-order valence-corrected chi connectivity index (χ4v) is 4.49. The van der Waals surface area contributed by atoms with Crippen LogP contribution in [-0.2, 0) is 13.2 Å². The molecule has 1 N–H and O–H groups in total. The zero-order valence-electron chi connectivity index (χ0n) is 14.4. The zero-order valence-corrected chi connectivity index (χ0v) is 15.2. The molecule has 1 aliphatic rings. The summed E-state index contributed by atoms with van der Waals surface area (Å²) in [4.78, 5) is 0. The van der Waals surface area contributed by atoms with E-state index in [1.54, 1.807) is 0 Å². The third-order valence-electron chi connectivity index (χ3n) is 4.57. The Morgan fingerprint density at radius 1 is 1.00 bits per heavy atom. The van der Waals surface area contributed by atoms with Crippen molar-refractivity contribution < 1.29 is 4.74 Å². The summed E-state index contributed by atoms with van der Waals surface area (Å²) >= 11 is 2.11. The third kappa shape index (κ3) is 5.02. The maximum Gasteiger partial charge on any atom is 0.119 e. The van der Waals surface area contributed by atoms with Crippen LogP contribution in [0.25, 0.3) is 0 Å². The Labute approximate surface area is 150 Å². The summed E-state index contributed by atoms with van der Waals surface area (Å²) in [6, 6.07) is 19.5. The van der Waals surface area contributed by atoms with Gasteiger partial charge in [-0.05, 0) is 41.9 Å². The minimum absolute atomic E-state index is 0.621. The van der Waals surface area contributed by atoms with Gasteiger partial charge in [0.1, 0.15) is 12.4 Å². The van der Waals surface area contributed by atoms with Gasteiger partial charge in [-0.25, -0.2) is 0 Å². The van der Waals surface area contributed by atoms with Crippen molar-refractivity contribution >= 4 is 11.8 Å². The van der Waals surface area contributed by atoms with Gasteiger partial charge in [0, 0.05) is 17.8 Å². The average Bonchev–Trinajstić information content (AvgIpc) is 3.07.